The Balaban J connectivity index is 1.55. The number of unbranched alkanes of at least 4 members (excludes halogenated alkanes) is 1. The summed E-state index contributed by atoms with van der Waals surface area (Å²) in [5.41, 5.74) is 5.90. The van der Waals surface area contributed by atoms with Crippen LogP contribution in [0.15, 0.2) is 84.6 Å². The molecule has 1 atom stereocenters. The molecule has 2 aliphatic heterocycles. The van der Waals surface area contributed by atoms with Crippen molar-refractivity contribution in [2.45, 2.75) is 70.0 Å². The third kappa shape index (κ3) is 6.52. The molecule has 0 aromatic heterocycles. The summed E-state index contributed by atoms with van der Waals surface area (Å²) in [6.45, 7) is 11.3. The topological polar surface area (TPSA) is 115 Å². The van der Waals surface area contributed by atoms with E-state index in [1.165, 1.54) is 18.1 Å². The summed E-state index contributed by atoms with van der Waals surface area (Å²) in [4.78, 5) is 2.24. The largest absolute Gasteiger partial charge is 0.344 e. The van der Waals surface area contributed by atoms with Gasteiger partial charge in [-0.05, 0) is 68.2 Å². The quantitative estimate of drug-likeness (QED) is 0.133. The number of para-hydroxylation sites is 1. The molecule has 8 nitrogen and oxygen atoms in total. The summed E-state index contributed by atoms with van der Waals surface area (Å²) in [5, 5.41) is 1.39. The molecule has 2 heterocycles. The maximum atomic E-state index is 11.9. The maximum absolute atomic E-state index is 11.9. The number of rotatable bonds is 11. The van der Waals surface area contributed by atoms with Crippen LogP contribution in [0.2, 0.25) is 0 Å². The van der Waals surface area contributed by atoms with Crippen molar-refractivity contribution >= 4 is 48.1 Å². The standard InChI is InChI=1S/C35H42N2O6S2/c1-25(45(41,42)43)21-23-37-30-20-19-26-13-6-7-14-27(26)33(30)35(4,5)32(37)18-12-17-31-34(2,3)28-15-8-9-16-29(28)36(31)22-10-11-24-44(38,39)40/h6-9,12-20,25H,10-11,21-24H2,1-5H3,(H-,38,39,40,41,42,43)/p+1. The third-order valence-corrected chi connectivity index (χ3v) is 11.4. The van der Waals surface area contributed by atoms with Gasteiger partial charge in [0.2, 0.25) is 5.69 Å². The molecule has 0 radical (unpaired) electrons. The predicted octanol–water partition coefficient (Wildman–Crippen LogP) is 6.79. The lowest BCUT2D eigenvalue weighted by Crippen LogP contribution is -2.29. The van der Waals surface area contributed by atoms with Crippen molar-refractivity contribution in [3.05, 3.63) is 95.7 Å². The molecular formula is C35H43N2O6S2+. The van der Waals surface area contributed by atoms with Gasteiger partial charge in [0.15, 0.2) is 12.3 Å². The second-order valence-electron chi connectivity index (χ2n) is 13.2. The Morgan fingerprint density at radius 3 is 2.29 bits per heavy atom. The Kier molecular flexibility index (Phi) is 8.91. The zero-order chi connectivity index (χ0) is 32.8. The smallest absolute Gasteiger partial charge is 0.267 e. The highest BCUT2D eigenvalue weighted by Gasteiger charge is 2.46. The Hall–Kier alpha value is -3.31. The van der Waals surface area contributed by atoms with E-state index in [4.69, 9.17) is 0 Å². The van der Waals surface area contributed by atoms with E-state index in [-0.39, 0.29) is 17.6 Å². The zero-order valence-corrected chi connectivity index (χ0v) is 28.2. The number of anilines is 1. The van der Waals surface area contributed by atoms with Crippen molar-refractivity contribution in [2.75, 3.05) is 23.7 Å². The van der Waals surface area contributed by atoms with Gasteiger partial charge in [-0.3, -0.25) is 9.11 Å². The number of allylic oxidation sites excluding steroid dienone is 4. The fraction of sp³-hybridized carbons (Fsp3) is 0.400. The molecule has 0 fully saturated rings. The average molecular weight is 652 g/mol. The van der Waals surface area contributed by atoms with E-state index in [0.29, 0.717) is 25.9 Å². The lowest BCUT2D eigenvalue weighted by molar-refractivity contribution is -0.438. The number of nitrogens with zero attached hydrogens (tertiary/aromatic N) is 2. The van der Waals surface area contributed by atoms with E-state index in [0.717, 1.165) is 33.6 Å². The van der Waals surface area contributed by atoms with E-state index < -0.39 is 30.9 Å². The van der Waals surface area contributed by atoms with Gasteiger partial charge in [-0.2, -0.15) is 21.4 Å². The third-order valence-electron chi connectivity index (χ3n) is 9.36. The Labute approximate surface area is 267 Å². The average Bonchev–Trinajstić information content (AvgIpc) is 3.31. The second-order valence-corrected chi connectivity index (χ2v) is 16.6. The van der Waals surface area contributed by atoms with Crippen LogP contribution in [0.25, 0.3) is 10.8 Å². The summed E-state index contributed by atoms with van der Waals surface area (Å²) in [5.74, 6) is -0.264. The molecule has 0 bridgehead atoms. The highest BCUT2D eigenvalue weighted by molar-refractivity contribution is 7.86. The van der Waals surface area contributed by atoms with Gasteiger partial charge in [-0.15, -0.1) is 0 Å². The van der Waals surface area contributed by atoms with Gasteiger partial charge in [0.1, 0.15) is 0 Å². The Morgan fingerprint density at radius 1 is 0.889 bits per heavy atom. The van der Waals surface area contributed by atoms with Crippen molar-refractivity contribution in [3.8, 4) is 0 Å². The van der Waals surface area contributed by atoms with Gasteiger partial charge in [0.05, 0.1) is 16.4 Å². The number of benzene rings is 3. The molecule has 45 heavy (non-hydrogen) atoms. The zero-order valence-electron chi connectivity index (χ0n) is 26.6. The maximum Gasteiger partial charge on any atom is 0.267 e. The van der Waals surface area contributed by atoms with Crippen molar-refractivity contribution in [2.24, 2.45) is 0 Å². The van der Waals surface area contributed by atoms with E-state index in [2.05, 4.69) is 91.8 Å². The molecule has 0 spiro atoms. The summed E-state index contributed by atoms with van der Waals surface area (Å²) >= 11 is 0. The second kappa shape index (κ2) is 12.1. The molecule has 0 aliphatic carbocycles. The molecule has 0 saturated carbocycles. The van der Waals surface area contributed by atoms with Crippen LogP contribution in [0.1, 0.15) is 65.0 Å². The first-order chi connectivity index (χ1) is 21.0. The molecule has 10 heteroatoms. The summed E-state index contributed by atoms with van der Waals surface area (Å²) in [6, 6.07) is 20.7. The molecule has 3 aromatic carbocycles. The first-order valence-electron chi connectivity index (χ1n) is 15.4. The van der Waals surface area contributed by atoms with Crippen LogP contribution in [0.3, 0.4) is 0 Å². The lowest BCUT2D eigenvalue weighted by Gasteiger charge is -2.27. The van der Waals surface area contributed by atoms with Crippen LogP contribution in [-0.4, -0.2) is 60.3 Å². The normalized spacial score (nSPS) is 19.1. The summed E-state index contributed by atoms with van der Waals surface area (Å²) in [6.07, 6.45) is 7.49. The summed E-state index contributed by atoms with van der Waals surface area (Å²) < 4.78 is 67.4. The molecule has 1 unspecified atom stereocenters. The van der Waals surface area contributed by atoms with Crippen LogP contribution in [-0.2, 0) is 31.1 Å². The van der Waals surface area contributed by atoms with Crippen LogP contribution in [0, 0.1) is 0 Å². The minimum absolute atomic E-state index is 0.263. The summed E-state index contributed by atoms with van der Waals surface area (Å²) in [7, 11) is -8.17. The molecule has 240 valence electrons. The molecule has 5 rings (SSSR count). The number of fused-ring (bicyclic) bond motifs is 4. The highest BCUT2D eigenvalue weighted by atomic mass is 32.2. The molecular weight excluding hydrogens is 609 g/mol. The van der Waals surface area contributed by atoms with Crippen LogP contribution in [0.5, 0.6) is 0 Å². The van der Waals surface area contributed by atoms with Crippen molar-refractivity contribution in [1.29, 1.82) is 0 Å². The van der Waals surface area contributed by atoms with E-state index in [1.54, 1.807) is 0 Å². The minimum atomic E-state index is -4.16. The predicted molar refractivity (Wildman–Crippen MR) is 182 cm³/mol. The Morgan fingerprint density at radius 2 is 1.58 bits per heavy atom. The van der Waals surface area contributed by atoms with E-state index in [1.807, 2.05) is 24.3 Å². The van der Waals surface area contributed by atoms with Crippen molar-refractivity contribution < 1.29 is 30.5 Å². The van der Waals surface area contributed by atoms with Gasteiger partial charge in [0.25, 0.3) is 20.2 Å². The van der Waals surface area contributed by atoms with E-state index >= 15 is 0 Å². The molecule has 0 amide bonds. The van der Waals surface area contributed by atoms with Gasteiger partial charge in [-0.25, -0.2) is 0 Å². The van der Waals surface area contributed by atoms with Crippen LogP contribution >= 0.6 is 0 Å². The molecule has 3 aromatic rings. The monoisotopic (exact) mass is 651 g/mol. The highest BCUT2D eigenvalue weighted by Crippen LogP contribution is 2.48. The SMILES string of the molecule is CC(CC[N+]1=C(C=CC=C2N(CCCCS(=O)(=O)O)c3ccccc3C2(C)C)C(C)(C)c2c1ccc1ccccc21)S(=O)(=O)O. The lowest BCUT2D eigenvalue weighted by atomic mass is 9.79. The van der Waals surface area contributed by atoms with Crippen molar-refractivity contribution in [1.82, 2.24) is 0 Å². The van der Waals surface area contributed by atoms with Gasteiger partial charge in [0, 0.05) is 47.5 Å². The fourth-order valence-electron chi connectivity index (χ4n) is 6.90. The number of hydrogen-bond donors (Lipinski definition) is 2. The van der Waals surface area contributed by atoms with Gasteiger partial charge < -0.3 is 4.90 Å². The first-order valence-corrected chi connectivity index (χ1v) is 18.5. The molecule has 0 saturated heterocycles. The Bertz CT molecular complexity index is 1940. The van der Waals surface area contributed by atoms with Crippen molar-refractivity contribution in [3.63, 3.8) is 0 Å². The van der Waals surface area contributed by atoms with E-state index in [9.17, 15) is 25.9 Å². The molecule has 2 N–H and O–H groups in total. The number of hydrogen-bond acceptors (Lipinski definition) is 5. The molecule has 2 aliphatic rings. The van der Waals surface area contributed by atoms with Gasteiger partial charge >= 0.3 is 0 Å². The van der Waals surface area contributed by atoms with Crippen LogP contribution < -0.4 is 4.90 Å². The fourth-order valence-corrected chi connectivity index (χ4v) is 7.87. The first kappa shape index (κ1) is 33.1. The van der Waals surface area contributed by atoms with Gasteiger partial charge in [-0.1, -0.05) is 62.4 Å². The minimum Gasteiger partial charge on any atom is -0.344 e. The van der Waals surface area contributed by atoms with Crippen LogP contribution in [0.4, 0.5) is 11.4 Å².